The summed E-state index contributed by atoms with van der Waals surface area (Å²) in [6.45, 7) is 1.02. The van der Waals surface area contributed by atoms with Gasteiger partial charge in [-0.3, -0.25) is 4.79 Å². The first-order valence-electron chi connectivity index (χ1n) is 7.00. The van der Waals surface area contributed by atoms with Gasteiger partial charge in [0, 0.05) is 18.7 Å². The number of carbonyl (C=O) groups excluding carboxylic acids is 1. The standard InChI is InChI=1S/C14H16FN3O4S/c1-17-5-4-9(7-17)6-10-2-3-11(19)14(13(10)15)18-8-12(20)16-23(18,21)22/h2-3,6,19H,4-5,7-8H2,1H3,(H,16,20)/b9-6-. The van der Waals surface area contributed by atoms with Crippen molar-refractivity contribution in [3.8, 4) is 5.75 Å². The van der Waals surface area contributed by atoms with Crippen LogP contribution in [-0.2, 0) is 15.0 Å². The Morgan fingerprint density at radius 3 is 2.65 bits per heavy atom. The van der Waals surface area contributed by atoms with Gasteiger partial charge in [0.1, 0.15) is 18.0 Å². The lowest BCUT2D eigenvalue weighted by atomic mass is 10.1. The second-order valence-electron chi connectivity index (χ2n) is 5.66. The molecule has 2 aliphatic rings. The molecule has 1 amide bonds. The molecule has 124 valence electrons. The van der Waals surface area contributed by atoms with E-state index in [4.69, 9.17) is 0 Å². The van der Waals surface area contributed by atoms with E-state index in [0.29, 0.717) is 10.8 Å². The number of carbonyl (C=O) groups is 1. The minimum atomic E-state index is -4.18. The number of phenols is 1. The number of likely N-dealkylation sites (tertiary alicyclic amines) is 1. The molecule has 2 saturated heterocycles. The zero-order chi connectivity index (χ0) is 16.8. The van der Waals surface area contributed by atoms with Gasteiger partial charge in [-0.15, -0.1) is 0 Å². The lowest BCUT2D eigenvalue weighted by Gasteiger charge is -2.18. The van der Waals surface area contributed by atoms with Gasteiger partial charge in [-0.1, -0.05) is 11.6 Å². The SMILES string of the molecule is CN1CC/C(=C/c2ccc(O)c(N3CC(=O)NS3(=O)=O)c2F)C1. The van der Waals surface area contributed by atoms with Gasteiger partial charge in [0.15, 0.2) is 5.82 Å². The fraction of sp³-hybridized carbons (Fsp3) is 0.357. The van der Waals surface area contributed by atoms with Gasteiger partial charge in [-0.05, 0) is 25.6 Å². The van der Waals surface area contributed by atoms with Gasteiger partial charge in [0.25, 0.3) is 5.91 Å². The fourth-order valence-corrected chi connectivity index (χ4v) is 3.91. The van der Waals surface area contributed by atoms with Gasteiger partial charge in [0.2, 0.25) is 0 Å². The summed E-state index contributed by atoms with van der Waals surface area (Å²) in [7, 11) is -2.23. The van der Waals surface area contributed by atoms with Crippen molar-refractivity contribution in [3.05, 3.63) is 29.1 Å². The van der Waals surface area contributed by atoms with Crippen molar-refractivity contribution in [1.29, 1.82) is 0 Å². The Morgan fingerprint density at radius 1 is 1.35 bits per heavy atom. The van der Waals surface area contributed by atoms with E-state index in [0.717, 1.165) is 18.5 Å². The van der Waals surface area contributed by atoms with Crippen LogP contribution in [0.15, 0.2) is 17.7 Å². The van der Waals surface area contributed by atoms with Crippen LogP contribution in [0, 0.1) is 5.82 Å². The molecule has 9 heteroatoms. The highest BCUT2D eigenvalue weighted by Gasteiger charge is 2.37. The number of anilines is 1. The molecular formula is C14H16FN3O4S. The minimum Gasteiger partial charge on any atom is -0.506 e. The summed E-state index contributed by atoms with van der Waals surface area (Å²) in [5, 5.41) is 9.88. The van der Waals surface area contributed by atoms with Crippen LogP contribution < -0.4 is 9.03 Å². The van der Waals surface area contributed by atoms with Crippen molar-refractivity contribution >= 4 is 27.9 Å². The van der Waals surface area contributed by atoms with Crippen LogP contribution in [0.1, 0.15) is 12.0 Å². The Labute approximate surface area is 133 Å². The summed E-state index contributed by atoms with van der Waals surface area (Å²) in [6, 6.07) is 2.61. The Kier molecular flexibility index (Phi) is 3.77. The summed E-state index contributed by atoms with van der Waals surface area (Å²) in [4.78, 5) is 13.4. The zero-order valence-electron chi connectivity index (χ0n) is 12.4. The Morgan fingerprint density at radius 2 is 2.09 bits per heavy atom. The first kappa shape index (κ1) is 15.8. The number of nitrogens with one attached hydrogen (secondary N) is 1. The Hall–Kier alpha value is -2.13. The van der Waals surface area contributed by atoms with E-state index in [1.807, 2.05) is 7.05 Å². The number of hydrogen-bond donors (Lipinski definition) is 2. The number of benzene rings is 1. The van der Waals surface area contributed by atoms with Crippen LogP contribution in [0.5, 0.6) is 5.75 Å². The second-order valence-corrected chi connectivity index (χ2v) is 7.26. The van der Waals surface area contributed by atoms with Crippen molar-refractivity contribution in [2.75, 3.05) is 31.0 Å². The predicted molar refractivity (Wildman–Crippen MR) is 82.6 cm³/mol. The molecule has 0 bridgehead atoms. The van der Waals surface area contributed by atoms with E-state index in [2.05, 4.69) is 4.90 Å². The molecule has 0 spiro atoms. The molecule has 0 radical (unpaired) electrons. The fourth-order valence-electron chi connectivity index (χ4n) is 2.74. The van der Waals surface area contributed by atoms with Crippen molar-refractivity contribution < 1.29 is 22.7 Å². The van der Waals surface area contributed by atoms with Crippen molar-refractivity contribution in [3.63, 3.8) is 0 Å². The van der Waals surface area contributed by atoms with E-state index >= 15 is 0 Å². The smallest absolute Gasteiger partial charge is 0.326 e. The number of halogens is 1. The highest BCUT2D eigenvalue weighted by molar-refractivity contribution is 7.92. The summed E-state index contributed by atoms with van der Waals surface area (Å²) in [5.74, 6) is -2.18. The van der Waals surface area contributed by atoms with E-state index in [1.54, 1.807) is 10.8 Å². The third kappa shape index (κ3) is 2.89. The number of amides is 1. The monoisotopic (exact) mass is 341 g/mol. The van der Waals surface area contributed by atoms with Gasteiger partial charge in [-0.25, -0.2) is 13.4 Å². The topological polar surface area (TPSA) is 89.9 Å². The van der Waals surface area contributed by atoms with E-state index in [-0.39, 0.29) is 5.56 Å². The van der Waals surface area contributed by atoms with Crippen molar-refractivity contribution in [2.24, 2.45) is 0 Å². The molecule has 0 aliphatic carbocycles. The summed E-state index contributed by atoms with van der Waals surface area (Å²) >= 11 is 0. The number of rotatable bonds is 2. The molecule has 0 atom stereocenters. The Balaban J connectivity index is 2.05. The molecule has 2 aliphatic heterocycles. The molecule has 0 unspecified atom stereocenters. The zero-order valence-corrected chi connectivity index (χ0v) is 13.2. The molecule has 2 fully saturated rings. The lowest BCUT2D eigenvalue weighted by Crippen LogP contribution is -2.30. The molecule has 3 rings (SSSR count). The molecule has 7 nitrogen and oxygen atoms in total. The van der Waals surface area contributed by atoms with Crippen molar-refractivity contribution in [2.45, 2.75) is 6.42 Å². The molecule has 0 saturated carbocycles. The maximum atomic E-state index is 14.7. The number of aromatic hydroxyl groups is 1. The van der Waals surface area contributed by atoms with Crippen LogP contribution in [0.4, 0.5) is 10.1 Å². The number of likely N-dealkylation sites (N-methyl/N-ethyl adjacent to an activating group) is 1. The third-order valence-corrected chi connectivity index (χ3v) is 5.22. The minimum absolute atomic E-state index is 0.178. The summed E-state index contributed by atoms with van der Waals surface area (Å²) < 4.78 is 40.8. The summed E-state index contributed by atoms with van der Waals surface area (Å²) in [5.41, 5.74) is 0.684. The molecule has 1 aromatic carbocycles. The molecular weight excluding hydrogens is 325 g/mol. The van der Waals surface area contributed by atoms with Gasteiger partial charge < -0.3 is 10.0 Å². The number of hydrogen-bond acceptors (Lipinski definition) is 5. The van der Waals surface area contributed by atoms with Gasteiger partial charge in [0.05, 0.1) is 0 Å². The number of phenolic OH excluding ortho intramolecular Hbond substituents is 1. The van der Waals surface area contributed by atoms with Crippen LogP contribution in [0.2, 0.25) is 0 Å². The van der Waals surface area contributed by atoms with E-state index in [9.17, 15) is 22.7 Å². The average Bonchev–Trinajstić information content (AvgIpc) is 2.96. The highest BCUT2D eigenvalue weighted by Crippen LogP contribution is 2.36. The van der Waals surface area contributed by atoms with E-state index in [1.165, 1.54) is 12.1 Å². The normalized spacial score (nSPS) is 22.8. The van der Waals surface area contributed by atoms with Crippen LogP contribution in [0.3, 0.4) is 0 Å². The average molecular weight is 341 g/mol. The van der Waals surface area contributed by atoms with Crippen LogP contribution in [0.25, 0.3) is 6.08 Å². The van der Waals surface area contributed by atoms with Gasteiger partial charge >= 0.3 is 10.2 Å². The van der Waals surface area contributed by atoms with Gasteiger partial charge in [-0.2, -0.15) is 8.42 Å². The first-order valence-corrected chi connectivity index (χ1v) is 8.45. The molecule has 0 aromatic heterocycles. The second kappa shape index (κ2) is 5.50. The number of nitrogens with zero attached hydrogens (tertiary/aromatic N) is 2. The maximum Gasteiger partial charge on any atom is 0.326 e. The third-order valence-electron chi connectivity index (χ3n) is 3.84. The van der Waals surface area contributed by atoms with E-state index < -0.39 is 39.9 Å². The maximum absolute atomic E-state index is 14.7. The molecule has 2 N–H and O–H groups in total. The molecule has 2 heterocycles. The Bertz CT molecular complexity index is 806. The quantitative estimate of drug-likeness (QED) is 0.814. The lowest BCUT2D eigenvalue weighted by molar-refractivity contribution is -0.117. The summed E-state index contributed by atoms with van der Waals surface area (Å²) in [6.07, 6.45) is 2.45. The largest absolute Gasteiger partial charge is 0.506 e. The highest BCUT2D eigenvalue weighted by atomic mass is 32.2. The predicted octanol–water partition coefficient (Wildman–Crippen LogP) is 0.431. The first-order chi connectivity index (χ1) is 10.8. The van der Waals surface area contributed by atoms with Crippen LogP contribution in [-0.4, -0.2) is 51.0 Å². The van der Waals surface area contributed by atoms with Crippen LogP contribution >= 0.6 is 0 Å². The van der Waals surface area contributed by atoms with Crippen molar-refractivity contribution in [1.82, 2.24) is 9.62 Å². The molecule has 1 aromatic rings. The molecule has 23 heavy (non-hydrogen) atoms.